The Bertz CT molecular complexity index is 2860. The van der Waals surface area contributed by atoms with Gasteiger partial charge < -0.3 is 0 Å². The molecule has 1 heterocycles. The summed E-state index contributed by atoms with van der Waals surface area (Å²) in [6.45, 7) is 10.9. The van der Waals surface area contributed by atoms with Gasteiger partial charge in [-0.25, -0.2) is 0 Å². The molecule has 296 valence electrons. The first kappa shape index (κ1) is 40.9. The van der Waals surface area contributed by atoms with Gasteiger partial charge in [0.15, 0.2) is 0 Å². The Kier molecular flexibility index (Phi) is 13.1. The number of benzene rings is 7. The molecule has 61 heavy (non-hydrogen) atoms. The van der Waals surface area contributed by atoms with Gasteiger partial charge in [-0.1, -0.05) is 44.2 Å². The number of rotatable bonds is 10. The minimum Gasteiger partial charge on any atom is -0.0842 e. The van der Waals surface area contributed by atoms with Crippen LogP contribution in [0.5, 0.6) is 0 Å². The fourth-order valence-electron chi connectivity index (χ4n) is 8.41. The third kappa shape index (κ3) is 9.64. The van der Waals surface area contributed by atoms with E-state index in [1.165, 1.54) is 94.0 Å². The van der Waals surface area contributed by atoms with E-state index >= 15 is 0 Å². The van der Waals surface area contributed by atoms with Gasteiger partial charge in [0, 0.05) is 0 Å². The van der Waals surface area contributed by atoms with Crippen LogP contribution in [0.15, 0.2) is 230 Å². The van der Waals surface area contributed by atoms with Crippen LogP contribution in [-0.4, -0.2) is 6.91 Å². The Hall–Kier alpha value is -6.83. The Morgan fingerprint density at radius 3 is 1.70 bits per heavy atom. The van der Waals surface area contributed by atoms with Crippen molar-refractivity contribution in [1.82, 2.24) is 0 Å². The van der Waals surface area contributed by atoms with Crippen molar-refractivity contribution in [1.29, 1.82) is 0 Å². The average Bonchev–Trinajstić information content (AvgIpc) is 3.35. The fourth-order valence-corrected chi connectivity index (χ4v) is 8.41. The van der Waals surface area contributed by atoms with Crippen molar-refractivity contribution in [3.8, 4) is 55.5 Å². The number of allylic oxidation sites excluding steroid dienone is 8. The van der Waals surface area contributed by atoms with E-state index in [-0.39, 0.29) is 5.92 Å². The Labute approximate surface area is 364 Å². The second-order valence-electron chi connectivity index (χ2n) is 15.7. The molecule has 1 heteroatoms. The van der Waals surface area contributed by atoms with Crippen LogP contribution in [-0.2, 0) is 0 Å². The zero-order valence-corrected chi connectivity index (χ0v) is 35.9. The number of fused-ring (bicyclic) bond motifs is 1. The maximum absolute atomic E-state index is 2.43. The van der Waals surface area contributed by atoms with E-state index in [4.69, 9.17) is 0 Å². The van der Waals surface area contributed by atoms with Gasteiger partial charge in [0.1, 0.15) is 0 Å². The fraction of sp³-hybridized carbons (Fsp3) is 0.117. The second kappa shape index (κ2) is 19.5. The predicted octanol–water partition coefficient (Wildman–Crippen LogP) is 16.9. The van der Waals surface area contributed by atoms with Crippen molar-refractivity contribution in [3.05, 3.63) is 241 Å². The van der Waals surface area contributed by atoms with Gasteiger partial charge in [0.25, 0.3) is 0 Å². The van der Waals surface area contributed by atoms with Gasteiger partial charge in [0.2, 0.25) is 0 Å². The topological polar surface area (TPSA) is 0 Å². The standard InChI is InChI=1S/C58H47B.C2H6/c1-41(43-17-7-3-8-18-43)35-54(36-42(2)44-19-9-4-10-20-44)47-29-31-48(32-30-47)55-40-58(53-28-16-26-50(38-53)46-23-13-6-14-24-46)59-57-34-33-52(39-56(55)57)51-27-15-25-49(37-51)45-21-11-5-12-22-45;1-2/h3-9,11-19,21-41H,10,20H2,1-2H3;1-2H3/b42-36+,54-35+;. The number of hydrogen-bond acceptors (Lipinski definition) is 0. The molecule has 0 saturated heterocycles. The maximum atomic E-state index is 2.43. The summed E-state index contributed by atoms with van der Waals surface area (Å²) in [5, 5.41) is 2.46. The van der Waals surface area contributed by atoms with Crippen molar-refractivity contribution >= 4 is 23.2 Å². The van der Waals surface area contributed by atoms with E-state index in [2.05, 4.69) is 239 Å². The molecule has 0 amide bonds. The molecule has 0 spiro atoms. The molecule has 0 nitrogen and oxygen atoms in total. The van der Waals surface area contributed by atoms with Gasteiger partial charge in [-0.2, -0.15) is 0 Å². The van der Waals surface area contributed by atoms with E-state index in [0.717, 1.165) is 12.8 Å². The number of hydrogen-bond donors (Lipinski definition) is 0. The van der Waals surface area contributed by atoms with E-state index in [0.29, 0.717) is 0 Å². The van der Waals surface area contributed by atoms with Crippen molar-refractivity contribution in [2.45, 2.75) is 46.5 Å². The van der Waals surface area contributed by atoms with E-state index in [1.54, 1.807) is 0 Å². The molecule has 1 aliphatic carbocycles. The van der Waals surface area contributed by atoms with Crippen LogP contribution < -0.4 is 0 Å². The average molecular weight is 785 g/mol. The van der Waals surface area contributed by atoms with Gasteiger partial charge in [-0.05, 0) is 6.42 Å². The molecular formula is C60H53B. The zero-order chi connectivity index (χ0) is 42.0. The van der Waals surface area contributed by atoms with Gasteiger partial charge in [-0.15, -0.1) is 0 Å². The Morgan fingerprint density at radius 2 is 1.08 bits per heavy atom. The van der Waals surface area contributed by atoms with Crippen molar-refractivity contribution in [2.75, 3.05) is 0 Å². The summed E-state index contributed by atoms with van der Waals surface area (Å²) < 4.78 is 0. The molecule has 0 aliphatic heterocycles. The van der Waals surface area contributed by atoms with Crippen molar-refractivity contribution in [3.63, 3.8) is 0 Å². The van der Waals surface area contributed by atoms with Crippen LogP contribution in [0.2, 0.25) is 0 Å². The molecule has 0 bridgehead atoms. The van der Waals surface area contributed by atoms with E-state index < -0.39 is 0 Å². The first-order valence-corrected chi connectivity index (χ1v) is 21.9. The first-order valence-electron chi connectivity index (χ1n) is 21.9. The van der Waals surface area contributed by atoms with Gasteiger partial charge in [0.05, 0.1) is 0 Å². The summed E-state index contributed by atoms with van der Waals surface area (Å²) >= 11 is 0. The molecule has 1 atom stereocenters. The van der Waals surface area contributed by atoms with Crippen LogP contribution in [0.4, 0.5) is 0 Å². The molecule has 0 fully saturated rings. The quantitative estimate of drug-likeness (QED) is 0.121. The first-order chi connectivity index (χ1) is 30.1. The molecule has 1 aromatic heterocycles. The second-order valence-corrected chi connectivity index (χ2v) is 15.7. The molecule has 7 aromatic carbocycles. The Balaban J connectivity index is 0.00000253. The molecule has 0 saturated carbocycles. The summed E-state index contributed by atoms with van der Waals surface area (Å²) in [5.74, 6) is 0.265. The monoisotopic (exact) mass is 784 g/mol. The van der Waals surface area contributed by atoms with E-state index in [1.807, 2.05) is 13.8 Å². The normalized spacial score (nSPS) is 13.2. The molecule has 1 unspecified atom stereocenters. The summed E-state index contributed by atoms with van der Waals surface area (Å²) in [7, 11) is 0. The smallest absolute Gasteiger partial charge is 0.0842 e. The molecule has 9 rings (SSSR count). The third-order valence-electron chi connectivity index (χ3n) is 11.7. The summed E-state index contributed by atoms with van der Waals surface area (Å²) in [6.07, 6.45) is 13.7. The SMILES string of the molecule is C/C(=C\C(=C/C(C)c1ccccc1)c1ccc(-c2cc(-c3cccc(-c4ccccc4)c3)bc3ccc(-c4cccc(-c5ccccc5)c4)cc23)cc1)C1=CC=CCC1.CC. The van der Waals surface area contributed by atoms with Gasteiger partial charge >= 0.3 is 315 Å². The van der Waals surface area contributed by atoms with Gasteiger partial charge in [-0.3, -0.25) is 0 Å². The van der Waals surface area contributed by atoms with Crippen molar-refractivity contribution < 1.29 is 0 Å². The molecule has 1 aliphatic rings. The van der Waals surface area contributed by atoms with Crippen LogP contribution in [0.25, 0.3) is 71.8 Å². The summed E-state index contributed by atoms with van der Waals surface area (Å²) in [6, 6.07) is 68.6. The Morgan fingerprint density at radius 1 is 0.541 bits per heavy atom. The third-order valence-corrected chi connectivity index (χ3v) is 11.7. The molecule has 0 radical (unpaired) electrons. The van der Waals surface area contributed by atoms with Crippen LogP contribution >= 0.6 is 0 Å². The van der Waals surface area contributed by atoms with Crippen LogP contribution in [0.1, 0.15) is 57.6 Å². The van der Waals surface area contributed by atoms with Crippen LogP contribution in [0, 0.1) is 0 Å². The molecule has 0 N–H and O–H groups in total. The summed E-state index contributed by atoms with van der Waals surface area (Å²) in [5.41, 5.74) is 18.7. The molecular weight excluding hydrogens is 731 g/mol. The zero-order valence-electron chi connectivity index (χ0n) is 35.9. The van der Waals surface area contributed by atoms with E-state index in [9.17, 15) is 0 Å². The minimum absolute atomic E-state index is 0.265. The van der Waals surface area contributed by atoms with Crippen molar-refractivity contribution in [2.24, 2.45) is 0 Å². The molecule has 8 aromatic rings. The van der Waals surface area contributed by atoms with Crippen LogP contribution in [0.3, 0.4) is 0 Å². The predicted molar refractivity (Wildman–Crippen MR) is 267 cm³/mol. The summed E-state index contributed by atoms with van der Waals surface area (Å²) in [4.78, 5) is 0. The minimum atomic E-state index is 0.265.